The summed E-state index contributed by atoms with van der Waals surface area (Å²) in [5, 5.41) is 5.46. The predicted octanol–water partition coefficient (Wildman–Crippen LogP) is 2.63. The number of hydrogen-bond donors (Lipinski definition) is 0. The van der Waals surface area contributed by atoms with Gasteiger partial charge in [-0.25, -0.2) is 4.98 Å². The molecule has 0 aliphatic carbocycles. The van der Waals surface area contributed by atoms with Crippen molar-refractivity contribution in [1.82, 2.24) is 24.6 Å². The molecule has 4 rings (SSSR count). The summed E-state index contributed by atoms with van der Waals surface area (Å²) in [5.41, 5.74) is 2.27. The van der Waals surface area contributed by atoms with E-state index >= 15 is 0 Å². The van der Waals surface area contributed by atoms with Gasteiger partial charge >= 0.3 is 0 Å². The van der Waals surface area contributed by atoms with Gasteiger partial charge in [-0.3, -0.25) is 9.58 Å². The summed E-state index contributed by atoms with van der Waals surface area (Å²) >= 11 is 0. The van der Waals surface area contributed by atoms with Gasteiger partial charge in [0, 0.05) is 36.6 Å². The zero-order valence-corrected chi connectivity index (χ0v) is 15.0. The first-order valence-corrected chi connectivity index (χ1v) is 9.49. The lowest BCUT2D eigenvalue weighted by atomic mass is 9.91. The van der Waals surface area contributed by atoms with E-state index in [1.54, 1.807) is 0 Å². The summed E-state index contributed by atoms with van der Waals surface area (Å²) in [6.45, 7) is 8.44. The second-order valence-electron chi connectivity index (χ2n) is 7.42. The van der Waals surface area contributed by atoms with Crippen LogP contribution in [0.4, 0.5) is 0 Å². The van der Waals surface area contributed by atoms with E-state index < -0.39 is 0 Å². The van der Waals surface area contributed by atoms with Gasteiger partial charge in [0.2, 0.25) is 0 Å². The Labute approximate surface area is 144 Å². The molecule has 2 aromatic heterocycles. The maximum absolute atomic E-state index is 4.93. The zero-order chi connectivity index (χ0) is 16.5. The Bertz CT molecular complexity index is 686. The van der Waals surface area contributed by atoms with Gasteiger partial charge in [0.15, 0.2) is 5.65 Å². The molecule has 4 heterocycles. The Morgan fingerprint density at radius 2 is 1.96 bits per heavy atom. The highest BCUT2D eigenvalue weighted by Crippen LogP contribution is 2.30. The number of pyridine rings is 1. The molecular formula is C19H29N5. The lowest BCUT2D eigenvalue weighted by molar-refractivity contribution is 0.0865. The van der Waals surface area contributed by atoms with E-state index in [0.717, 1.165) is 17.1 Å². The van der Waals surface area contributed by atoms with Gasteiger partial charge in [0.1, 0.15) is 0 Å². The number of fused-ring (bicyclic) bond motifs is 1. The highest BCUT2D eigenvalue weighted by Gasteiger charge is 2.29. The highest BCUT2D eigenvalue weighted by atomic mass is 15.3. The summed E-state index contributed by atoms with van der Waals surface area (Å²) in [4.78, 5) is 10.3. The molecule has 5 heteroatoms. The summed E-state index contributed by atoms with van der Waals surface area (Å²) in [7, 11) is 1.98. The number of rotatable bonds is 3. The summed E-state index contributed by atoms with van der Waals surface area (Å²) in [6.07, 6.45) is 7.12. The molecule has 130 valence electrons. The molecule has 0 saturated carbocycles. The van der Waals surface area contributed by atoms with Crippen molar-refractivity contribution in [3.63, 3.8) is 0 Å². The van der Waals surface area contributed by atoms with E-state index in [1.807, 2.05) is 17.9 Å². The standard InChI is InChI=1S/C19H29N5/c1-3-23-11-8-17(9-12-23)24-10-4-5-16(14-24)18-7-6-15-13-20-22(2)19(15)21-18/h6-7,13,16-17H,3-5,8-12,14H2,1-2H3/t16-/m0/s1. The van der Waals surface area contributed by atoms with Crippen LogP contribution in [-0.2, 0) is 7.05 Å². The highest BCUT2D eigenvalue weighted by molar-refractivity contribution is 5.74. The molecule has 5 nitrogen and oxygen atoms in total. The fourth-order valence-electron chi connectivity index (χ4n) is 4.44. The van der Waals surface area contributed by atoms with Crippen LogP contribution >= 0.6 is 0 Å². The molecule has 0 N–H and O–H groups in total. The Morgan fingerprint density at radius 1 is 1.12 bits per heavy atom. The number of aryl methyl sites for hydroxylation is 1. The molecular weight excluding hydrogens is 298 g/mol. The molecule has 0 amide bonds. The van der Waals surface area contributed by atoms with Crippen molar-refractivity contribution in [2.75, 3.05) is 32.7 Å². The van der Waals surface area contributed by atoms with Crippen LogP contribution in [0.3, 0.4) is 0 Å². The Morgan fingerprint density at radius 3 is 2.75 bits per heavy atom. The van der Waals surface area contributed by atoms with E-state index in [2.05, 4.69) is 34.0 Å². The number of nitrogens with zero attached hydrogens (tertiary/aromatic N) is 5. The lowest BCUT2D eigenvalue weighted by Crippen LogP contribution is -2.48. The SMILES string of the molecule is CCN1CCC(N2CCC[C@H](c3ccc4cnn(C)c4n3)C2)CC1. The van der Waals surface area contributed by atoms with Crippen LogP contribution in [0.5, 0.6) is 0 Å². The topological polar surface area (TPSA) is 37.2 Å². The van der Waals surface area contributed by atoms with E-state index in [-0.39, 0.29) is 0 Å². The van der Waals surface area contributed by atoms with Crippen molar-refractivity contribution < 1.29 is 0 Å². The summed E-state index contributed by atoms with van der Waals surface area (Å²) in [5.74, 6) is 0.572. The second kappa shape index (κ2) is 6.81. The summed E-state index contributed by atoms with van der Waals surface area (Å²) < 4.78 is 1.89. The van der Waals surface area contributed by atoms with Gasteiger partial charge in [-0.05, 0) is 64.0 Å². The quantitative estimate of drug-likeness (QED) is 0.868. The van der Waals surface area contributed by atoms with Crippen molar-refractivity contribution in [3.05, 3.63) is 24.0 Å². The van der Waals surface area contributed by atoms with Gasteiger partial charge in [-0.15, -0.1) is 0 Å². The normalized spacial score (nSPS) is 24.7. The predicted molar refractivity (Wildman–Crippen MR) is 97.2 cm³/mol. The van der Waals surface area contributed by atoms with Crippen molar-refractivity contribution in [3.8, 4) is 0 Å². The maximum Gasteiger partial charge on any atom is 0.157 e. The van der Waals surface area contributed by atoms with E-state index in [0.29, 0.717) is 5.92 Å². The minimum absolute atomic E-state index is 0.572. The Balaban J connectivity index is 1.46. The smallest absolute Gasteiger partial charge is 0.157 e. The number of aromatic nitrogens is 3. The molecule has 24 heavy (non-hydrogen) atoms. The van der Waals surface area contributed by atoms with Crippen LogP contribution in [0.2, 0.25) is 0 Å². The fraction of sp³-hybridized carbons (Fsp3) is 0.684. The second-order valence-corrected chi connectivity index (χ2v) is 7.42. The van der Waals surface area contributed by atoms with Crippen LogP contribution in [0.25, 0.3) is 11.0 Å². The van der Waals surface area contributed by atoms with Gasteiger partial charge in [0.25, 0.3) is 0 Å². The van der Waals surface area contributed by atoms with Crippen LogP contribution in [-0.4, -0.2) is 63.3 Å². The first-order chi connectivity index (χ1) is 11.7. The van der Waals surface area contributed by atoms with Crippen LogP contribution in [0, 0.1) is 0 Å². The third kappa shape index (κ3) is 3.07. The molecule has 2 aliphatic heterocycles. The van der Waals surface area contributed by atoms with Crippen molar-refractivity contribution in [2.24, 2.45) is 7.05 Å². The summed E-state index contributed by atoms with van der Waals surface area (Å²) in [6, 6.07) is 5.18. The van der Waals surface area contributed by atoms with Gasteiger partial charge < -0.3 is 4.90 Å². The molecule has 0 radical (unpaired) electrons. The molecule has 1 atom stereocenters. The third-order valence-electron chi connectivity index (χ3n) is 6.00. The van der Waals surface area contributed by atoms with Crippen molar-refractivity contribution in [2.45, 2.75) is 44.6 Å². The average Bonchev–Trinajstić information content (AvgIpc) is 3.02. The number of likely N-dealkylation sites (tertiary alicyclic amines) is 2. The largest absolute Gasteiger partial charge is 0.303 e. The number of hydrogen-bond acceptors (Lipinski definition) is 4. The Hall–Kier alpha value is -1.46. The third-order valence-corrected chi connectivity index (χ3v) is 6.00. The molecule has 0 bridgehead atoms. The minimum atomic E-state index is 0.572. The van der Waals surface area contributed by atoms with Crippen LogP contribution < -0.4 is 0 Å². The number of piperidine rings is 2. The van der Waals surface area contributed by atoms with Crippen LogP contribution in [0.1, 0.15) is 44.2 Å². The molecule has 0 aromatic carbocycles. The van der Waals surface area contributed by atoms with E-state index in [4.69, 9.17) is 4.98 Å². The molecule has 0 unspecified atom stereocenters. The van der Waals surface area contributed by atoms with Gasteiger partial charge in [-0.1, -0.05) is 6.92 Å². The van der Waals surface area contributed by atoms with Crippen LogP contribution in [0.15, 0.2) is 18.3 Å². The average molecular weight is 327 g/mol. The zero-order valence-electron chi connectivity index (χ0n) is 15.0. The maximum atomic E-state index is 4.93. The monoisotopic (exact) mass is 327 g/mol. The van der Waals surface area contributed by atoms with Crippen molar-refractivity contribution in [1.29, 1.82) is 0 Å². The molecule has 0 spiro atoms. The Kier molecular flexibility index (Phi) is 4.55. The van der Waals surface area contributed by atoms with E-state index in [9.17, 15) is 0 Å². The lowest BCUT2D eigenvalue weighted by Gasteiger charge is -2.42. The molecule has 2 aliphatic rings. The van der Waals surface area contributed by atoms with Gasteiger partial charge in [-0.2, -0.15) is 5.10 Å². The molecule has 2 fully saturated rings. The molecule has 2 saturated heterocycles. The van der Waals surface area contributed by atoms with Crippen molar-refractivity contribution >= 4 is 11.0 Å². The minimum Gasteiger partial charge on any atom is -0.303 e. The van der Waals surface area contributed by atoms with E-state index in [1.165, 1.54) is 64.1 Å². The first-order valence-electron chi connectivity index (χ1n) is 9.49. The first kappa shape index (κ1) is 16.0. The van der Waals surface area contributed by atoms with Gasteiger partial charge in [0.05, 0.1) is 6.20 Å². The fourth-order valence-corrected chi connectivity index (χ4v) is 4.44. The molecule has 2 aromatic rings.